The molecular formula is C12H13N3O4. The van der Waals surface area contributed by atoms with Gasteiger partial charge in [-0.3, -0.25) is 14.9 Å². The molecule has 7 heteroatoms. The van der Waals surface area contributed by atoms with Gasteiger partial charge in [-0.2, -0.15) is 0 Å². The molecule has 1 aromatic heterocycles. The average Bonchev–Trinajstić information content (AvgIpc) is 2.74. The number of nitrogens with zero attached hydrogens (tertiary/aromatic N) is 1. The summed E-state index contributed by atoms with van der Waals surface area (Å²) in [5.41, 5.74) is 7.47. The van der Waals surface area contributed by atoms with E-state index in [1.165, 1.54) is 6.07 Å². The molecule has 0 aliphatic heterocycles. The zero-order chi connectivity index (χ0) is 14.2. The van der Waals surface area contributed by atoms with Crippen LogP contribution in [-0.2, 0) is 11.2 Å². The third-order valence-corrected chi connectivity index (χ3v) is 3.06. The molecule has 0 saturated carbocycles. The average molecular weight is 263 g/mol. The summed E-state index contributed by atoms with van der Waals surface area (Å²) in [6.45, 7) is 1.82. The highest BCUT2D eigenvalue weighted by atomic mass is 16.6. The monoisotopic (exact) mass is 263 g/mol. The number of H-pyrrole nitrogens is 1. The van der Waals surface area contributed by atoms with Crippen molar-refractivity contribution in [3.63, 3.8) is 0 Å². The molecule has 2 aromatic rings. The van der Waals surface area contributed by atoms with Gasteiger partial charge in [-0.25, -0.2) is 0 Å². The summed E-state index contributed by atoms with van der Waals surface area (Å²) in [4.78, 5) is 24.3. The number of nitrogens with one attached hydrogen (secondary N) is 1. The number of aromatic nitrogens is 1. The van der Waals surface area contributed by atoms with Crippen LogP contribution in [-0.4, -0.2) is 27.0 Å². The largest absolute Gasteiger partial charge is 0.480 e. The van der Waals surface area contributed by atoms with Crippen molar-refractivity contribution in [1.82, 2.24) is 4.98 Å². The molecule has 19 heavy (non-hydrogen) atoms. The maximum absolute atomic E-state index is 11.0. The summed E-state index contributed by atoms with van der Waals surface area (Å²) in [5, 5.41) is 20.3. The maximum Gasteiger partial charge on any atom is 0.320 e. The number of carboxylic acid groups (broad SMARTS) is 1. The molecule has 0 aliphatic rings. The number of carboxylic acids is 1. The van der Waals surface area contributed by atoms with Gasteiger partial charge in [0.15, 0.2) is 0 Å². The van der Waals surface area contributed by atoms with Gasteiger partial charge in [0, 0.05) is 18.7 Å². The molecule has 0 radical (unpaired) electrons. The number of aryl methyl sites for hydroxylation is 1. The molecule has 1 aromatic carbocycles. The van der Waals surface area contributed by atoms with E-state index >= 15 is 0 Å². The normalized spacial score (nSPS) is 12.5. The van der Waals surface area contributed by atoms with Crippen LogP contribution in [0, 0.1) is 17.0 Å². The number of carbonyl (C=O) groups is 1. The molecule has 0 amide bonds. The first-order valence-corrected chi connectivity index (χ1v) is 5.64. The molecule has 0 aliphatic carbocycles. The van der Waals surface area contributed by atoms with Crippen LogP contribution in [0.2, 0.25) is 0 Å². The highest BCUT2D eigenvalue weighted by Crippen LogP contribution is 2.31. The lowest BCUT2D eigenvalue weighted by Gasteiger charge is -2.05. The zero-order valence-electron chi connectivity index (χ0n) is 10.2. The molecular weight excluding hydrogens is 250 g/mol. The Morgan fingerprint density at radius 2 is 2.26 bits per heavy atom. The number of non-ortho nitro benzene ring substituents is 1. The molecule has 7 nitrogen and oxygen atoms in total. The minimum absolute atomic E-state index is 0.0413. The second-order valence-corrected chi connectivity index (χ2v) is 4.37. The third-order valence-electron chi connectivity index (χ3n) is 3.06. The number of aromatic amines is 1. The summed E-state index contributed by atoms with van der Waals surface area (Å²) < 4.78 is 0. The second-order valence-electron chi connectivity index (χ2n) is 4.37. The molecule has 0 saturated heterocycles. The Hall–Kier alpha value is -2.41. The minimum Gasteiger partial charge on any atom is -0.480 e. The summed E-state index contributed by atoms with van der Waals surface area (Å²) in [7, 11) is 0. The number of aliphatic carboxylic acids is 1. The van der Waals surface area contributed by atoms with Crippen molar-refractivity contribution < 1.29 is 14.8 Å². The van der Waals surface area contributed by atoms with Gasteiger partial charge in [-0.15, -0.1) is 0 Å². The smallest absolute Gasteiger partial charge is 0.320 e. The van der Waals surface area contributed by atoms with E-state index in [1.807, 2.05) is 6.92 Å². The molecule has 0 unspecified atom stereocenters. The van der Waals surface area contributed by atoms with Crippen LogP contribution >= 0.6 is 0 Å². The number of nitro groups is 1. The lowest BCUT2D eigenvalue weighted by Crippen LogP contribution is -2.32. The summed E-state index contributed by atoms with van der Waals surface area (Å²) >= 11 is 0. The van der Waals surface area contributed by atoms with Crippen molar-refractivity contribution in [2.24, 2.45) is 5.73 Å². The summed E-state index contributed by atoms with van der Waals surface area (Å²) in [5.74, 6) is -1.13. The standard InChI is InChI=1S/C12H13N3O4/c1-6-2-3-9(15(18)19)10-7(5-14-11(6)10)4-8(13)12(16)17/h2-3,5,8,14H,4,13H2,1H3,(H,16,17)/t8-/m0/s1. The van der Waals surface area contributed by atoms with Crippen molar-refractivity contribution >= 4 is 22.6 Å². The predicted molar refractivity (Wildman–Crippen MR) is 69.0 cm³/mol. The quantitative estimate of drug-likeness (QED) is 0.567. The van der Waals surface area contributed by atoms with Crippen molar-refractivity contribution in [1.29, 1.82) is 0 Å². The predicted octanol–water partition coefficient (Wildman–Crippen LogP) is 1.34. The fourth-order valence-electron chi connectivity index (χ4n) is 2.08. The Bertz CT molecular complexity index is 662. The Kier molecular flexibility index (Phi) is 3.22. The fraction of sp³-hybridized carbons (Fsp3) is 0.250. The summed E-state index contributed by atoms with van der Waals surface area (Å²) in [6, 6.07) is 1.98. The van der Waals surface area contributed by atoms with E-state index in [9.17, 15) is 14.9 Å². The fourth-order valence-corrected chi connectivity index (χ4v) is 2.08. The molecule has 0 spiro atoms. The molecule has 0 bridgehead atoms. The number of rotatable bonds is 4. The highest BCUT2D eigenvalue weighted by Gasteiger charge is 2.21. The van der Waals surface area contributed by atoms with Gasteiger partial charge in [-0.05, 0) is 18.1 Å². The third kappa shape index (κ3) is 2.27. The van der Waals surface area contributed by atoms with Crippen LogP contribution in [0.4, 0.5) is 5.69 Å². The second kappa shape index (κ2) is 4.69. The highest BCUT2D eigenvalue weighted by molar-refractivity contribution is 5.94. The van der Waals surface area contributed by atoms with Crippen LogP contribution in [0.15, 0.2) is 18.3 Å². The van der Waals surface area contributed by atoms with Gasteiger partial charge in [0.25, 0.3) is 5.69 Å². The number of hydrogen-bond donors (Lipinski definition) is 3. The van der Waals surface area contributed by atoms with Gasteiger partial charge in [0.1, 0.15) is 6.04 Å². The Balaban J connectivity index is 2.59. The van der Waals surface area contributed by atoms with Crippen molar-refractivity contribution in [2.45, 2.75) is 19.4 Å². The lowest BCUT2D eigenvalue weighted by atomic mass is 10.0. The van der Waals surface area contributed by atoms with Crippen LogP contribution in [0.3, 0.4) is 0 Å². The van der Waals surface area contributed by atoms with Crippen molar-refractivity contribution in [2.75, 3.05) is 0 Å². The zero-order valence-corrected chi connectivity index (χ0v) is 10.2. The first kappa shape index (κ1) is 13.0. The Morgan fingerprint density at radius 1 is 1.58 bits per heavy atom. The molecule has 1 atom stereocenters. The van der Waals surface area contributed by atoms with E-state index in [-0.39, 0.29) is 12.1 Å². The topological polar surface area (TPSA) is 122 Å². The summed E-state index contributed by atoms with van der Waals surface area (Å²) in [6.07, 6.45) is 1.62. The lowest BCUT2D eigenvalue weighted by molar-refractivity contribution is -0.383. The van der Waals surface area contributed by atoms with Crippen LogP contribution in [0.25, 0.3) is 10.9 Å². The molecule has 1 heterocycles. The first-order chi connectivity index (χ1) is 8.91. The van der Waals surface area contributed by atoms with E-state index < -0.39 is 16.9 Å². The molecule has 100 valence electrons. The van der Waals surface area contributed by atoms with Gasteiger partial charge in [-0.1, -0.05) is 6.07 Å². The molecule has 4 N–H and O–H groups in total. The van der Waals surface area contributed by atoms with Gasteiger partial charge >= 0.3 is 5.97 Å². The van der Waals surface area contributed by atoms with Crippen LogP contribution in [0.1, 0.15) is 11.1 Å². The van der Waals surface area contributed by atoms with E-state index in [1.54, 1.807) is 12.3 Å². The van der Waals surface area contributed by atoms with Crippen molar-refractivity contribution in [3.8, 4) is 0 Å². The number of nitrogens with two attached hydrogens (primary N) is 1. The molecule has 2 rings (SSSR count). The number of nitro benzene ring substituents is 1. The Morgan fingerprint density at radius 3 is 2.84 bits per heavy atom. The van der Waals surface area contributed by atoms with Crippen LogP contribution in [0.5, 0.6) is 0 Å². The van der Waals surface area contributed by atoms with E-state index in [4.69, 9.17) is 10.8 Å². The Labute approximate surface area is 108 Å². The van der Waals surface area contributed by atoms with Gasteiger partial charge < -0.3 is 15.8 Å². The van der Waals surface area contributed by atoms with Crippen molar-refractivity contribution in [3.05, 3.63) is 39.6 Å². The SMILES string of the molecule is Cc1ccc([N+](=O)[O-])c2c(C[C@H](N)C(=O)O)c[nH]c12. The minimum atomic E-state index is -1.13. The van der Waals surface area contributed by atoms with Gasteiger partial charge in [0.05, 0.1) is 15.8 Å². The number of benzene rings is 1. The maximum atomic E-state index is 11.0. The number of hydrogen-bond acceptors (Lipinski definition) is 4. The number of fused-ring (bicyclic) bond motifs is 1. The van der Waals surface area contributed by atoms with E-state index in [0.29, 0.717) is 16.5 Å². The molecule has 0 fully saturated rings. The first-order valence-electron chi connectivity index (χ1n) is 5.64. The van der Waals surface area contributed by atoms with Crippen LogP contribution < -0.4 is 5.73 Å². The van der Waals surface area contributed by atoms with E-state index in [0.717, 1.165) is 5.56 Å². The van der Waals surface area contributed by atoms with Gasteiger partial charge in [0.2, 0.25) is 0 Å². The van der Waals surface area contributed by atoms with E-state index in [2.05, 4.69) is 4.98 Å².